The Morgan fingerprint density at radius 2 is 2.12 bits per heavy atom. The zero-order valence-electron chi connectivity index (χ0n) is 10.1. The summed E-state index contributed by atoms with van der Waals surface area (Å²) >= 11 is 0. The van der Waals surface area contributed by atoms with Crippen molar-refractivity contribution in [3.05, 3.63) is 0 Å². The molecule has 1 rings (SSSR count). The number of alkyl halides is 3. The van der Waals surface area contributed by atoms with Gasteiger partial charge in [0.05, 0.1) is 6.10 Å². The van der Waals surface area contributed by atoms with Crippen LogP contribution in [0.5, 0.6) is 0 Å². The van der Waals surface area contributed by atoms with Gasteiger partial charge >= 0.3 is 6.18 Å². The monoisotopic (exact) mass is 253 g/mol. The number of hydrogen-bond acceptors (Lipinski definition) is 2. The summed E-state index contributed by atoms with van der Waals surface area (Å²) in [5, 5.41) is 0. The SMILES string of the molecule is CC(C)C(=O)N1CCCC(OCC(F)(F)F)C1. The van der Waals surface area contributed by atoms with Crippen LogP contribution >= 0.6 is 0 Å². The van der Waals surface area contributed by atoms with Crippen molar-refractivity contribution in [1.29, 1.82) is 0 Å². The fraction of sp³-hybridized carbons (Fsp3) is 0.909. The second-order valence-electron chi connectivity index (χ2n) is 4.63. The summed E-state index contributed by atoms with van der Waals surface area (Å²) in [7, 11) is 0. The van der Waals surface area contributed by atoms with E-state index in [2.05, 4.69) is 0 Å². The molecule has 1 amide bonds. The van der Waals surface area contributed by atoms with Crippen LogP contribution < -0.4 is 0 Å². The van der Waals surface area contributed by atoms with Gasteiger partial charge in [0.2, 0.25) is 5.91 Å². The van der Waals surface area contributed by atoms with Gasteiger partial charge in [0.15, 0.2) is 0 Å². The number of carbonyl (C=O) groups is 1. The molecule has 1 fully saturated rings. The van der Waals surface area contributed by atoms with Crippen LogP contribution in [0.25, 0.3) is 0 Å². The third-order valence-electron chi connectivity index (χ3n) is 2.67. The van der Waals surface area contributed by atoms with Crippen molar-refractivity contribution < 1.29 is 22.7 Å². The smallest absolute Gasteiger partial charge is 0.367 e. The highest BCUT2D eigenvalue weighted by atomic mass is 19.4. The van der Waals surface area contributed by atoms with Crippen molar-refractivity contribution in [1.82, 2.24) is 4.90 Å². The molecule has 1 atom stereocenters. The van der Waals surface area contributed by atoms with Crippen LogP contribution in [-0.4, -0.2) is 42.8 Å². The van der Waals surface area contributed by atoms with E-state index in [9.17, 15) is 18.0 Å². The van der Waals surface area contributed by atoms with Crippen molar-refractivity contribution in [2.45, 2.75) is 39.0 Å². The van der Waals surface area contributed by atoms with E-state index in [0.29, 0.717) is 19.4 Å². The average molecular weight is 253 g/mol. The van der Waals surface area contributed by atoms with Crippen molar-refractivity contribution in [2.75, 3.05) is 19.7 Å². The first-order chi connectivity index (χ1) is 7.79. The Bertz CT molecular complexity index is 266. The molecular formula is C11H18F3NO2. The number of rotatable bonds is 3. The minimum atomic E-state index is -4.30. The Hall–Kier alpha value is -0.780. The first-order valence-electron chi connectivity index (χ1n) is 5.76. The topological polar surface area (TPSA) is 29.5 Å². The lowest BCUT2D eigenvalue weighted by molar-refractivity contribution is -0.190. The van der Waals surface area contributed by atoms with E-state index < -0.39 is 18.9 Å². The van der Waals surface area contributed by atoms with Gasteiger partial charge in [-0.25, -0.2) is 0 Å². The predicted molar refractivity (Wildman–Crippen MR) is 56.4 cm³/mol. The van der Waals surface area contributed by atoms with Crippen LogP contribution in [0.15, 0.2) is 0 Å². The summed E-state index contributed by atoms with van der Waals surface area (Å²) in [6, 6.07) is 0. The summed E-state index contributed by atoms with van der Waals surface area (Å²) in [6.07, 6.45) is -3.52. The van der Waals surface area contributed by atoms with Crippen LogP contribution in [0.1, 0.15) is 26.7 Å². The highest BCUT2D eigenvalue weighted by Gasteiger charge is 2.31. The molecule has 17 heavy (non-hydrogen) atoms. The van der Waals surface area contributed by atoms with Crippen LogP contribution in [0.4, 0.5) is 13.2 Å². The van der Waals surface area contributed by atoms with Crippen LogP contribution in [0, 0.1) is 5.92 Å². The predicted octanol–water partition coefficient (Wildman–Crippen LogP) is 2.21. The van der Waals surface area contributed by atoms with E-state index in [1.165, 1.54) is 0 Å². The molecule has 1 aliphatic rings. The Morgan fingerprint density at radius 1 is 1.47 bits per heavy atom. The second kappa shape index (κ2) is 5.71. The van der Waals surface area contributed by atoms with Gasteiger partial charge < -0.3 is 9.64 Å². The lowest BCUT2D eigenvalue weighted by Gasteiger charge is -2.33. The zero-order chi connectivity index (χ0) is 13.1. The molecule has 1 saturated heterocycles. The molecule has 0 spiro atoms. The quantitative estimate of drug-likeness (QED) is 0.771. The van der Waals surface area contributed by atoms with Crippen LogP contribution in [-0.2, 0) is 9.53 Å². The van der Waals surface area contributed by atoms with Gasteiger partial charge in [-0.05, 0) is 12.8 Å². The fourth-order valence-electron chi connectivity index (χ4n) is 1.85. The molecule has 0 aliphatic carbocycles. The average Bonchev–Trinajstić information content (AvgIpc) is 2.24. The van der Waals surface area contributed by atoms with Crippen molar-refractivity contribution in [3.8, 4) is 0 Å². The maximum Gasteiger partial charge on any atom is 0.411 e. The lowest BCUT2D eigenvalue weighted by atomic mass is 10.1. The van der Waals surface area contributed by atoms with Crippen LogP contribution in [0.3, 0.4) is 0 Å². The maximum atomic E-state index is 12.0. The van der Waals surface area contributed by atoms with Gasteiger partial charge in [-0.2, -0.15) is 13.2 Å². The van der Waals surface area contributed by atoms with Gasteiger partial charge in [-0.1, -0.05) is 13.8 Å². The molecule has 100 valence electrons. The number of hydrogen-bond donors (Lipinski definition) is 0. The molecule has 0 bridgehead atoms. The Morgan fingerprint density at radius 3 is 2.65 bits per heavy atom. The number of halogens is 3. The van der Waals surface area contributed by atoms with Gasteiger partial charge in [0.25, 0.3) is 0 Å². The molecule has 1 unspecified atom stereocenters. The molecule has 6 heteroatoms. The lowest BCUT2D eigenvalue weighted by Crippen LogP contribution is -2.45. The first kappa shape index (κ1) is 14.3. The number of ether oxygens (including phenoxy) is 1. The van der Waals surface area contributed by atoms with Crippen LogP contribution in [0.2, 0.25) is 0 Å². The molecule has 1 heterocycles. The summed E-state index contributed by atoms with van der Waals surface area (Å²) in [4.78, 5) is 13.3. The van der Waals surface area contributed by atoms with E-state index in [0.717, 1.165) is 0 Å². The van der Waals surface area contributed by atoms with Gasteiger partial charge in [-0.15, -0.1) is 0 Å². The second-order valence-corrected chi connectivity index (χ2v) is 4.63. The third-order valence-corrected chi connectivity index (χ3v) is 2.67. The van der Waals surface area contributed by atoms with Crippen molar-refractivity contribution in [3.63, 3.8) is 0 Å². The molecular weight excluding hydrogens is 235 g/mol. The fourth-order valence-corrected chi connectivity index (χ4v) is 1.85. The maximum absolute atomic E-state index is 12.0. The van der Waals surface area contributed by atoms with Gasteiger partial charge in [0, 0.05) is 19.0 Å². The summed E-state index contributed by atoms with van der Waals surface area (Å²) in [5.74, 6) is -0.151. The largest absolute Gasteiger partial charge is 0.411 e. The number of carbonyl (C=O) groups excluding carboxylic acids is 1. The molecule has 3 nitrogen and oxygen atoms in total. The minimum Gasteiger partial charge on any atom is -0.367 e. The molecule has 0 saturated carbocycles. The highest BCUT2D eigenvalue weighted by molar-refractivity contribution is 5.78. The highest BCUT2D eigenvalue weighted by Crippen LogP contribution is 2.20. The molecule has 1 aliphatic heterocycles. The normalized spacial score (nSPS) is 22.0. The Labute approximate surface area is 98.9 Å². The number of piperidine rings is 1. The van der Waals surface area contributed by atoms with Gasteiger partial charge in [0.1, 0.15) is 6.61 Å². The zero-order valence-corrected chi connectivity index (χ0v) is 10.1. The Kier molecular flexibility index (Phi) is 4.80. The molecule has 0 aromatic heterocycles. The van der Waals surface area contributed by atoms with Gasteiger partial charge in [-0.3, -0.25) is 4.79 Å². The first-order valence-corrected chi connectivity index (χ1v) is 5.76. The number of nitrogens with zero attached hydrogens (tertiary/aromatic N) is 1. The molecule has 0 radical (unpaired) electrons. The molecule has 0 aromatic rings. The van der Waals surface area contributed by atoms with Crippen molar-refractivity contribution >= 4 is 5.91 Å². The van der Waals surface area contributed by atoms with E-state index in [1.807, 2.05) is 0 Å². The third kappa shape index (κ3) is 4.93. The number of likely N-dealkylation sites (tertiary alicyclic amines) is 1. The number of amides is 1. The van der Waals surface area contributed by atoms with Crippen molar-refractivity contribution in [2.24, 2.45) is 5.92 Å². The van der Waals surface area contributed by atoms with E-state index in [-0.39, 0.29) is 18.4 Å². The van der Waals surface area contributed by atoms with E-state index >= 15 is 0 Å². The summed E-state index contributed by atoms with van der Waals surface area (Å²) < 4.78 is 40.8. The van der Waals surface area contributed by atoms with E-state index in [4.69, 9.17) is 4.74 Å². The Balaban J connectivity index is 2.41. The minimum absolute atomic E-state index is 0.0229. The summed E-state index contributed by atoms with van der Waals surface area (Å²) in [5.41, 5.74) is 0. The van der Waals surface area contributed by atoms with E-state index in [1.54, 1.807) is 18.7 Å². The standard InChI is InChI=1S/C11H18F3NO2/c1-8(2)10(16)15-5-3-4-9(6-15)17-7-11(12,13)14/h8-9H,3-7H2,1-2H3. The summed E-state index contributed by atoms with van der Waals surface area (Å²) in [6.45, 7) is 3.21. The molecule has 0 aromatic carbocycles. The molecule has 0 N–H and O–H groups in total.